The van der Waals surface area contributed by atoms with E-state index in [9.17, 15) is 0 Å². The van der Waals surface area contributed by atoms with Crippen LogP contribution >= 0.6 is 27.5 Å². The van der Waals surface area contributed by atoms with Gasteiger partial charge < -0.3 is 10.5 Å². The summed E-state index contributed by atoms with van der Waals surface area (Å²) in [6.45, 7) is 2.13. The van der Waals surface area contributed by atoms with Crippen LogP contribution in [0.2, 0.25) is 5.02 Å². The van der Waals surface area contributed by atoms with Crippen molar-refractivity contribution >= 4 is 27.5 Å². The van der Waals surface area contributed by atoms with Gasteiger partial charge in [-0.2, -0.15) is 0 Å². The van der Waals surface area contributed by atoms with Crippen LogP contribution in [0.5, 0.6) is 5.75 Å². The summed E-state index contributed by atoms with van der Waals surface area (Å²) in [7, 11) is 0. The summed E-state index contributed by atoms with van der Waals surface area (Å²) in [6, 6.07) is 3.67. The predicted octanol–water partition coefficient (Wildman–Crippen LogP) is 3.66. The summed E-state index contributed by atoms with van der Waals surface area (Å²) in [6.07, 6.45) is 2.12. The molecule has 1 heterocycles. The Morgan fingerprint density at radius 1 is 1.53 bits per heavy atom. The molecule has 1 aromatic carbocycles. The van der Waals surface area contributed by atoms with Gasteiger partial charge in [-0.3, -0.25) is 0 Å². The third-order valence-electron chi connectivity index (χ3n) is 2.64. The lowest BCUT2D eigenvalue weighted by molar-refractivity contribution is 0.194. The van der Waals surface area contributed by atoms with Crippen molar-refractivity contribution in [2.45, 2.75) is 31.9 Å². The maximum Gasteiger partial charge on any atom is 0.139 e. The number of benzene rings is 1. The molecule has 0 aliphatic carbocycles. The molecule has 2 rings (SSSR count). The van der Waals surface area contributed by atoms with E-state index >= 15 is 0 Å². The van der Waals surface area contributed by atoms with Crippen LogP contribution in [0.4, 0.5) is 0 Å². The van der Waals surface area contributed by atoms with Gasteiger partial charge in [-0.05, 0) is 34.5 Å². The average Bonchev–Trinajstić information content (AvgIpc) is 2.47. The minimum absolute atomic E-state index is 0.0602. The summed E-state index contributed by atoms with van der Waals surface area (Å²) in [4.78, 5) is 0. The molecular weight excluding hydrogens is 277 g/mol. The van der Waals surface area contributed by atoms with Crippen molar-refractivity contribution in [3.05, 3.63) is 27.2 Å². The topological polar surface area (TPSA) is 35.2 Å². The standard InChI is InChI=1S/C11H13BrClNO/c1-2-3-9-10(14)7-4-6(13)5-8(12)11(7)15-9/h4-5,9-10H,2-3,14H2,1H3. The number of fused-ring (bicyclic) bond motifs is 1. The maximum atomic E-state index is 6.11. The fourth-order valence-electron chi connectivity index (χ4n) is 1.90. The molecule has 0 bridgehead atoms. The van der Waals surface area contributed by atoms with E-state index in [2.05, 4.69) is 22.9 Å². The van der Waals surface area contributed by atoms with Gasteiger partial charge >= 0.3 is 0 Å². The zero-order chi connectivity index (χ0) is 11.0. The van der Waals surface area contributed by atoms with Crippen molar-refractivity contribution in [1.29, 1.82) is 0 Å². The van der Waals surface area contributed by atoms with Crippen LogP contribution in [0.1, 0.15) is 31.4 Å². The van der Waals surface area contributed by atoms with Gasteiger partial charge in [0.1, 0.15) is 11.9 Å². The van der Waals surface area contributed by atoms with Crippen LogP contribution in [-0.2, 0) is 0 Å². The number of hydrogen-bond donors (Lipinski definition) is 1. The Labute approximate surface area is 103 Å². The van der Waals surface area contributed by atoms with Gasteiger partial charge in [-0.1, -0.05) is 24.9 Å². The number of halogens is 2. The Bertz CT molecular complexity index is 383. The highest BCUT2D eigenvalue weighted by atomic mass is 79.9. The second kappa shape index (κ2) is 4.32. The highest BCUT2D eigenvalue weighted by Gasteiger charge is 2.32. The molecule has 2 nitrogen and oxygen atoms in total. The Morgan fingerprint density at radius 3 is 2.93 bits per heavy atom. The molecule has 0 amide bonds. The van der Waals surface area contributed by atoms with Crippen molar-refractivity contribution in [3.8, 4) is 5.75 Å². The van der Waals surface area contributed by atoms with Gasteiger partial charge in [0.25, 0.3) is 0 Å². The van der Waals surface area contributed by atoms with E-state index in [1.54, 1.807) is 0 Å². The van der Waals surface area contributed by atoms with Gasteiger partial charge in [0, 0.05) is 10.6 Å². The van der Waals surface area contributed by atoms with Crippen LogP contribution in [0.25, 0.3) is 0 Å². The van der Waals surface area contributed by atoms with Crippen molar-refractivity contribution in [1.82, 2.24) is 0 Å². The SMILES string of the molecule is CCCC1Oc2c(Br)cc(Cl)cc2C1N. The van der Waals surface area contributed by atoms with Crippen LogP contribution in [-0.4, -0.2) is 6.10 Å². The molecule has 0 saturated carbocycles. The molecule has 2 unspecified atom stereocenters. The van der Waals surface area contributed by atoms with Crippen molar-refractivity contribution in [3.63, 3.8) is 0 Å². The number of nitrogens with two attached hydrogens (primary N) is 1. The first-order valence-corrected chi connectivity index (χ1v) is 6.21. The summed E-state index contributed by atoms with van der Waals surface area (Å²) in [5.41, 5.74) is 7.12. The fraction of sp³-hybridized carbons (Fsp3) is 0.455. The molecule has 4 heteroatoms. The highest BCUT2D eigenvalue weighted by Crippen LogP contribution is 2.43. The van der Waals surface area contributed by atoms with E-state index in [4.69, 9.17) is 22.1 Å². The lowest BCUT2D eigenvalue weighted by Crippen LogP contribution is -2.24. The van der Waals surface area contributed by atoms with Gasteiger partial charge in [-0.25, -0.2) is 0 Å². The molecule has 1 aliphatic rings. The third kappa shape index (κ3) is 2.01. The smallest absolute Gasteiger partial charge is 0.139 e. The number of rotatable bonds is 2. The van der Waals surface area contributed by atoms with E-state index in [0.717, 1.165) is 28.6 Å². The van der Waals surface area contributed by atoms with E-state index < -0.39 is 0 Å². The predicted molar refractivity (Wildman–Crippen MR) is 65.4 cm³/mol. The zero-order valence-corrected chi connectivity index (χ0v) is 10.8. The number of ether oxygens (including phenoxy) is 1. The molecule has 1 aliphatic heterocycles. The Hall–Kier alpha value is -0.250. The van der Waals surface area contributed by atoms with Crippen molar-refractivity contribution in [2.24, 2.45) is 5.73 Å². The van der Waals surface area contributed by atoms with Crippen molar-refractivity contribution in [2.75, 3.05) is 0 Å². The molecule has 0 aromatic heterocycles. The Kier molecular flexibility index (Phi) is 3.24. The highest BCUT2D eigenvalue weighted by molar-refractivity contribution is 9.10. The van der Waals surface area contributed by atoms with Gasteiger partial charge in [0.05, 0.1) is 10.5 Å². The summed E-state index contributed by atoms with van der Waals surface area (Å²) < 4.78 is 6.70. The van der Waals surface area contributed by atoms with Crippen LogP contribution in [0, 0.1) is 0 Å². The molecule has 0 radical (unpaired) electrons. The molecule has 0 fully saturated rings. The van der Waals surface area contributed by atoms with Crippen LogP contribution in [0.15, 0.2) is 16.6 Å². The Balaban J connectivity index is 2.36. The van der Waals surface area contributed by atoms with Gasteiger partial charge in [-0.15, -0.1) is 0 Å². The molecule has 0 saturated heterocycles. The summed E-state index contributed by atoms with van der Waals surface area (Å²) >= 11 is 9.42. The van der Waals surface area contributed by atoms with E-state index in [1.807, 2.05) is 12.1 Å². The first-order valence-electron chi connectivity index (χ1n) is 5.04. The Morgan fingerprint density at radius 2 is 2.27 bits per heavy atom. The molecular formula is C11H13BrClNO. The second-order valence-corrected chi connectivity index (χ2v) is 5.07. The maximum absolute atomic E-state index is 6.11. The lowest BCUT2D eigenvalue weighted by atomic mass is 10.0. The lowest BCUT2D eigenvalue weighted by Gasteiger charge is -2.13. The van der Waals surface area contributed by atoms with Gasteiger partial charge in [0.2, 0.25) is 0 Å². The fourth-order valence-corrected chi connectivity index (χ4v) is 2.83. The summed E-state index contributed by atoms with van der Waals surface area (Å²) in [5.74, 6) is 0.852. The average molecular weight is 291 g/mol. The zero-order valence-electron chi connectivity index (χ0n) is 8.47. The first kappa shape index (κ1) is 11.2. The third-order valence-corrected chi connectivity index (χ3v) is 3.45. The summed E-state index contributed by atoms with van der Waals surface area (Å²) in [5, 5.41) is 0.692. The molecule has 1 aromatic rings. The van der Waals surface area contributed by atoms with E-state index in [0.29, 0.717) is 5.02 Å². The number of hydrogen-bond acceptors (Lipinski definition) is 2. The normalized spacial score (nSPS) is 23.7. The van der Waals surface area contributed by atoms with Crippen LogP contribution in [0.3, 0.4) is 0 Å². The van der Waals surface area contributed by atoms with Crippen LogP contribution < -0.4 is 10.5 Å². The molecule has 0 spiro atoms. The largest absolute Gasteiger partial charge is 0.487 e. The second-order valence-electron chi connectivity index (χ2n) is 3.78. The van der Waals surface area contributed by atoms with Gasteiger partial charge in [0.15, 0.2) is 0 Å². The molecule has 15 heavy (non-hydrogen) atoms. The molecule has 2 atom stereocenters. The first-order chi connectivity index (χ1) is 7.13. The monoisotopic (exact) mass is 289 g/mol. The molecule has 2 N–H and O–H groups in total. The minimum atomic E-state index is -0.0602. The minimum Gasteiger partial charge on any atom is -0.487 e. The quantitative estimate of drug-likeness (QED) is 0.902. The molecule has 82 valence electrons. The van der Waals surface area contributed by atoms with E-state index in [-0.39, 0.29) is 12.1 Å². The van der Waals surface area contributed by atoms with Crippen molar-refractivity contribution < 1.29 is 4.74 Å². The van der Waals surface area contributed by atoms with E-state index in [1.165, 1.54) is 0 Å².